The zero-order valence-electron chi connectivity index (χ0n) is 9.25. The van der Waals surface area contributed by atoms with Gasteiger partial charge in [0.05, 0.1) is 12.8 Å². The van der Waals surface area contributed by atoms with Crippen molar-refractivity contribution < 1.29 is 19.2 Å². The van der Waals surface area contributed by atoms with Gasteiger partial charge in [0.1, 0.15) is 6.33 Å². The molecule has 1 rings (SSSR count). The molecular formula is C10H14N2O4. The predicted molar refractivity (Wildman–Crippen MR) is 54.2 cm³/mol. The SMILES string of the molecule is CCOC(=O)C(CC)C(=O)On1ccnc1. The van der Waals surface area contributed by atoms with Gasteiger partial charge in [-0.15, -0.1) is 0 Å². The van der Waals surface area contributed by atoms with Gasteiger partial charge in [-0.05, 0) is 13.3 Å². The second-order valence-corrected chi connectivity index (χ2v) is 3.05. The highest BCUT2D eigenvalue weighted by Gasteiger charge is 2.28. The summed E-state index contributed by atoms with van der Waals surface area (Å²) in [5.74, 6) is -2.09. The van der Waals surface area contributed by atoms with Crippen LogP contribution in [0.4, 0.5) is 0 Å². The second kappa shape index (κ2) is 5.89. The molecule has 1 aromatic heterocycles. The van der Waals surface area contributed by atoms with Gasteiger partial charge in [-0.1, -0.05) is 6.92 Å². The highest BCUT2D eigenvalue weighted by atomic mass is 16.7. The number of hydrogen-bond acceptors (Lipinski definition) is 5. The van der Waals surface area contributed by atoms with E-state index in [2.05, 4.69) is 4.98 Å². The van der Waals surface area contributed by atoms with Crippen molar-refractivity contribution in [3.63, 3.8) is 0 Å². The summed E-state index contributed by atoms with van der Waals surface area (Å²) in [6.45, 7) is 3.65. The minimum Gasteiger partial charge on any atom is -0.465 e. The minimum atomic E-state index is -0.887. The van der Waals surface area contributed by atoms with Gasteiger partial charge in [-0.25, -0.2) is 9.78 Å². The molecule has 0 bridgehead atoms. The molecule has 0 fully saturated rings. The molecule has 0 amide bonds. The summed E-state index contributed by atoms with van der Waals surface area (Å²) in [5, 5.41) is 0. The van der Waals surface area contributed by atoms with Crippen molar-refractivity contribution >= 4 is 11.9 Å². The average Bonchev–Trinajstić information content (AvgIpc) is 2.71. The Morgan fingerprint density at radius 2 is 2.12 bits per heavy atom. The van der Waals surface area contributed by atoms with Crippen LogP contribution in [0.25, 0.3) is 0 Å². The van der Waals surface area contributed by atoms with Gasteiger partial charge in [0.25, 0.3) is 0 Å². The Hall–Kier alpha value is -1.85. The van der Waals surface area contributed by atoms with Crippen molar-refractivity contribution in [2.24, 2.45) is 5.92 Å². The first-order valence-corrected chi connectivity index (χ1v) is 5.05. The van der Waals surface area contributed by atoms with Crippen molar-refractivity contribution in [2.75, 3.05) is 6.61 Å². The van der Waals surface area contributed by atoms with Gasteiger partial charge < -0.3 is 9.57 Å². The van der Waals surface area contributed by atoms with Gasteiger partial charge in [-0.3, -0.25) is 4.79 Å². The van der Waals surface area contributed by atoms with Crippen molar-refractivity contribution in [1.82, 2.24) is 9.71 Å². The van der Waals surface area contributed by atoms with Crippen LogP contribution in [0.2, 0.25) is 0 Å². The summed E-state index contributed by atoms with van der Waals surface area (Å²) in [4.78, 5) is 31.6. The van der Waals surface area contributed by atoms with E-state index < -0.39 is 17.9 Å². The third-order valence-electron chi connectivity index (χ3n) is 1.94. The largest absolute Gasteiger partial charge is 0.465 e. The lowest BCUT2D eigenvalue weighted by Gasteiger charge is -2.12. The molecule has 0 saturated heterocycles. The van der Waals surface area contributed by atoms with E-state index in [0.717, 1.165) is 4.73 Å². The number of esters is 1. The zero-order chi connectivity index (χ0) is 12.0. The van der Waals surface area contributed by atoms with Crippen LogP contribution in [0.5, 0.6) is 0 Å². The maximum Gasteiger partial charge on any atom is 0.347 e. The van der Waals surface area contributed by atoms with Gasteiger partial charge in [-0.2, -0.15) is 4.73 Å². The minimum absolute atomic E-state index is 0.244. The number of aromatic nitrogens is 2. The Labute approximate surface area is 93.1 Å². The van der Waals surface area contributed by atoms with Crippen molar-refractivity contribution in [3.05, 3.63) is 18.7 Å². The van der Waals surface area contributed by atoms with Crippen LogP contribution in [0.1, 0.15) is 20.3 Å². The van der Waals surface area contributed by atoms with Crippen molar-refractivity contribution in [2.45, 2.75) is 20.3 Å². The lowest BCUT2D eigenvalue weighted by atomic mass is 10.1. The highest BCUT2D eigenvalue weighted by molar-refractivity contribution is 5.94. The number of carbonyl (C=O) groups excluding carboxylic acids is 2. The van der Waals surface area contributed by atoms with E-state index >= 15 is 0 Å². The van der Waals surface area contributed by atoms with E-state index in [1.165, 1.54) is 18.7 Å². The number of rotatable bonds is 5. The molecule has 0 radical (unpaired) electrons. The van der Waals surface area contributed by atoms with Gasteiger partial charge >= 0.3 is 11.9 Å². The van der Waals surface area contributed by atoms with E-state index in [1.54, 1.807) is 13.8 Å². The van der Waals surface area contributed by atoms with Crippen LogP contribution < -0.4 is 4.84 Å². The lowest BCUT2D eigenvalue weighted by molar-refractivity contribution is -0.162. The standard InChI is InChI=1S/C10H14N2O4/c1-3-8(9(13)15-4-2)10(14)16-12-6-5-11-7-12/h5-8H,3-4H2,1-2H3. The topological polar surface area (TPSA) is 70.4 Å². The molecule has 88 valence electrons. The molecule has 6 nitrogen and oxygen atoms in total. The number of imidazole rings is 1. The van der Waals surface area contributed by atoms with Crippen LogP contribution in [-0.2, 0) is 14.3 Å². The first-order valence-electron chi connectivity index (χ1n) is 5.05. The summed E-state index contributed by atoms with van der Waals surface area (Å²) in [6.07, 6.45) is 4.61. The third kappa shape index (κ3) is 3.08. The molecule has 0 aliphatic carbocycles. The monoisotopic (exact) mass is 226 g/mol. The summed E-state index contributed by atoms with van der Waals surface area (Å²) >= 11 is 0. The first-order chi connectivity index (χ1) is 7.69. The van der Waals surface area contributed by atoms with E-state index in [4.69, 9.17) is 9.57 Å². The van der Waals surface area contributed by atoms with Crippen LogP contribution in [0, 0.1) is 5.92 Å². The Balaban J connectivity index is 2.59. The zero-order valence-corrected chi connectivity index (χ0v) is 9.25. The van der Waals surface area contributed by atoms with Gasteiger partial charge in [0, 0.05) is 6.20 Å². The fourth-order valence-corrected chi connectivity index (χ4v) is 1.14. The average molecular weight is 226 g/mol. The molecule has 0 aliphatic heterocycles. The fourth-order valence-electron chi connectivity index (χ4n) is 1.14. The molecule has 0 aliphatic rings. The molecule has 0 N–H and O–H groups in total. The third-order valence-corrected chi connectivity index (χ3v) is 1.94. The molecule has 1 unspecified atom stereocenters. The molecular weight excluding hydrogens is 212 g/mol. The Bertz CT molecular complexity index is 348. The number of carbonyl (C=O) groups is 2. The Kier molecular flexibility index (Phi) is 4.50. The van der Waals surface area contributed by atoms with Crippen LogP contribution in [0.15, 0.2) is 18.7 Å². The molecule has 1 heterocycles. The van der Waals surface area contributed by atoms with E-state index in [0.29, 0.717) is 6.42 Å². The molecule has 6 heteroatoms. The van der Waals surface area contributed by atoms with Crippen LogP contribution in [-0.4, -0.2) is 28.3 Å². The van der Waals surface area contributed by atoms with Gasteiger partial charge in [0.2, 0.25) is 0 Å². The smallest absolute Gasteiger partial charge is 0.347 e. The summed E-state index contributed by atoms with van der Waals surface area (Å²) in [5.41, 5.74) is 0. The van der Waals surface area contributed by atoms with Crippen molar-refractivity contribution in [3.8, 4) is 0 Å². The molecule has 0 spiro atoms. The maximum absolute atomic E-state index is 11.6. The summed E-state index contributed by atoms with van der Waals surface area (Å²) in [6, 6.07) is 0. The van der Waals surface area contributed by atoms with Crippen LogP contribution >= 0.6 is 0 Å². The normalized spacial score (nSPS) is 11.9. The molecule has 0 saturated carbocycles. The summed E-state index contributed by atoms with van der Waals surface area (Å²) in [7, 11) is 0. The van der Waals surface area contributed by atoms with E-state index in [1.807, 2.05) is 0 Å². The maximum atomic E-state index is 11.6. The molecule has 1 aromatic rings. The first kappa shape index (κ1) is 12.2. The fraction of sp³-hybridized carbons (Fsp3) is 0.500. The number of nitrogens with zero attached hydrogens (tertiary/aromatic N) is 2. The Morgan fingerprint density at radius 1 is 1.38 bits per heavy atom. The lowest BCUT2D eigenvalue weighted by Crippen LogP contribution is -2.32. The van der Waals surface area contributed by atoms with E-state index in [-0.39, 0.29) is 6.61 Å². The number of hydrogen-bond donors (Lipinski definition) is 0. The van der Waals surface area contributed by atoms with Crippen LogP contribution in [0.3, 0.4) is 0 Å². The summed E-state index contributed by atoms with van der Waals surface area (Å²) < 4.78 is 5.91. The quantitative estimate of drug-likeness (QED) is 0.537. The molecule has 16 heavy (non-hydrogen) atoms. The second-order valence-electron chi connectivity index (χ2n) is 3.05. The number of ether oxygens (including phenoxy) is 1. The van der Waals surface area contributed by atoms with Gasteiger partial charge in [0.15, 0.2) is 5.92 Å². The van der Waals surface area contributed by atoms with Crippen molar-refractivity contribution in [1.29, 1.82) is 0 Å². The predicted octanol–water partition coefficient (Wildman–Crippen LogP) is 0.428. The highest BCUT2D eigenvalue weighted by Crippen LogP contribution is 2.06. The Morgan fingerprint density at radius 3 is 2.62 bits per heavy atom. The molecule has 1 atom stereocenters. The van der Waals surface area contributed by atoms with E-state index in [9.17, 15) is 9.59 Å². The molecule has 0 aromatic carbocycles.